The second-order valence-electron chi connectivity index (χ2n) is 5.31. The van der Waals surface area contributed by atoms with Crippen molar-refractivity contribution in [3.63, 3.8) is 0 Å². The fourth-order valence-electron chi connectivity index (χ4n) is 2.44. The van der Waals surface area contributed by atoms with Gasteiger partial charge in [-0.1, -0.05) is 58.0 Å². The van der Waals surface area contributed by atoms with Crippen molar-refractivity contribution in [3.8, 4) is 16.9 Å². The molecule has 122 valence electrons. The topological polar surface area (TPSA) is 60.9 Å². The summed E-state index contributed by atoms with van der Waals surface area (Å²) in [6, 6.07) is 16.2. The highest BCUT2D eigenvalue weighted by Crippen LogP contribution is 2.31. The van der Waals surface area contributed by atoms with Crippen LogP contribution in [0, 0.1) is 6.92 Å². The zero-order chi connectivity index (χ0) is 17.1. The molecule has 2 N–H and O–H groups in total. The van der Waals surface area contributed by atoms with E-state index in [9.17, 15) is 4.79 Å². The Morgan fingerprint density at radius 1 is 1.21 bits per heavy atom. The van der Waals surface area contributed by atoms with E-state index in [1.54, 1.807) is 0 Å². The molecular weight excluding hydrogens is 386 g/mol. The number of thioether (sulfide) groups is 1. The van der Waals surface area contributed by atoms with Crippen molar-refractivity contribution in [2.24, 2.45) is 5.73 Å². The summed E-state index contributed by atoms with van der Waals surface area (Å²) >= 11 is 4.81. The number of para-hydroxylation sites is 1. The third kappa shape index (κ3) is 3.55. The van der Waals surface area contributed by atoms with Gasteiger partial charge in [-0.15, -0.1) is 0 Å². The van der Waals surface area contributed by atoms with Crippen LogP contribution in [0.3, 0.4) is 0 Å². The number of nitrogens with zero attached hydrogens (tertiary/aromatic N) is 2. The smallest absolute Gasteiger partial charge is 0.227 e. The summed E-state index contributed by atoms with van der Waals surface area (Å²) in [5.41, 5.74) is 9.50. The molecule has 1 aromatic heterocycles. The van der Waals surface area contributed by atoms with Crippen LogP contribution in [0.4, 0.5) is 0 Å². The summed E-state index contributed by atoms with van der Waals surface area (Å²) in [4.78, 5) is 15.7. The van der Waals surface area contributed by atoms with Gasteiger partial charge in [0.1, 0.15) is 0 Å². The molecule has 4 nitrogen and oxygen atoms in total. The van der Waals surface area contributed by atoms with E-state index in [-0.39, 0.29) is 11.7 Å². The van der Waals surface area contributed by atoms with Crippen molar-refractivity contribution in [2.45, 2.75) is 12.1 Å². The minimum Gasteiger partial charge on any atom is -0.369 e. The third-order valence-corrected chi connectivity index (χ3v) is 5.07. The Morgan fingerprint density at radius 3 is 2.58 bits per heavy atom. The Balaban J connectivity index is 2.14. The monoisotopic (exact) mass is 401 g/mol. The van der Waals surface area contributed by atoms with Gasteiger partial charge >= 0.3 is 0 Å². The van der Waals surface area contributed by atoms with Crippen molar-refractivity contribution in [1.29, 1.82) is 0 Å². The lowest BCUT2D eigenvalue weighted by atomic mass is 10.1. The first-order valence-corrected chi connectivity index (χ1v) is 9.15. The molecule has 0 bridgehead atoms. The van der Waals surface area contributed by atoms with Gasteiger partial charge in [0.15, 0.2) is 5.16 Å². The van der Waals surface area contributed by atoms with Crippen LogP contribution in [-0.2, 0) is 4.79 Å². The zero-order valence-electron chi connectivity index (χ0n) is 13.1. The summed E-state index contributed by atoms with van der Waals surface area (Å²) < 4.78 is 3.10. The molecule has 0 aliphatic carbocycles. The minimum atomic E-state index is -0.357. The van der Waals surface area contributed by atoms with Crippen LogP contribution in [0.15, 0.2) is 64.4 Å². The summed E-state index contributed by atoms with van der Waals surface area (Å²) in [6.07, 6.45) is 1.83. The number of carbonyl (C=O) groups excluding carboxylic acids is 1. The Kier molecular flexibility index (Phi) is 5.06. The van der Waals surface area contributed by atoms with E-state index in [0.717, 1.165) is 32.1 Å². The zero-order valence-corrected chi connectivity index (χ0v) is 15.5. The molecule has 0 radical (unpaired) electrons. The maximum Gasteiger partial charge on any atom is 0.227 e. The molecule has 0 unspecified atom stereocenters. The Bertz CT molecular complexity index is 874. The van der Waals surface area contributed by atoms with Crippen molar-refractivity contribution in [3.05, 3.63) is 64.8 Å². The van der Waals surface area contributed by atoms with Crippen LogP contribution < -0.4 is 5.73 Å². The van der Waals surface area contributed by atoms with Crippen LogP contribution in [-0.4, -0.2) is 21.2 Å². The van der Waals surface area contributed by atoms with Crippen LogP contribution in [0.25, 0.3) is 16.9 Å². The van der Waals surface area contributed by atoms with Gasteiger partial charge in [-0.3, -0.25) is 9.36 Å². The standard InChI is InChI=1S/C18H16BrN3OS/c1-12-4-2-3-5-15(12)22-16(13-6-8-14(19)9-7-13)10-21-18(22)24-11-17(20)23/h2-10H,11H2,1H3,(H2,20,23). The van der Waals surface area contributed by atoms with Crippen molar-refractivity contribution < 1.29 is 4.79 Å². The van der Waals surface area contributed by atoms with Gasteiger partial charge in [0.2, 0.25) is 5.91 Å². The number of hydrogen-bond donors (Lipinski definition) is 1. The molecule has 0 aliphatic heterocycles. The molecule has 0 aliphatic rings. The van der Waals surface area contributed by atoms with Gasteiger partial charge in [0.05, 0.1) is 23.3 Å². The van der Waals surface area contributed by atoms with Crippen LogP contribution in [0.5, 0.6) is 0 Å². The normalized spacial score (nSPS) is 10.8. The number of carbonyl (C=O) groups is 1. The number of aromatic nitrogens is 2. The van der Waals surface area contributed by atoms with Crippen LogP contribution >= 0.6 is 27.7 Å². The fourth-order valence-corrected chi connectivity index (χ4v) is 3.43. The van der Waals surface area contributed by atoms with Gasteiger partial charge in [-0.05, 0) is 30.7 Å². The lowest BCUT2D eigenvalue weighted by Crippen LogP contribution is -2.13. The lowest BCUT2D eigenvalue weighted by molar-refractivity contribution is -0.115. The molecule has 6 heteroatoms. The summed E-state index contributed by atoms with van der Waals surface area (Å²) in [5, 5.41) is 0.751. The molecule has 0 fully saturated rings. The molecule has 0 spiro atoms. The van der Waals surface area contributed by atoms with Crippen LogP contribution in [0.2, 0.25) is 0 Å². The Labute approximate surface area is 153 Å². The summed E-state index contributed by atoms with van der Waals surface area (Å²) in [6.45, 7) is 2.06. The van der Waals surface area contributed by atoms with Crippen molar-refractivity contribution in [1.82, 2.24) is 9.55 Å². The summed E-state index contributed by atoms with van der Waals surface area (Å²) in [7, 11) is 0. The van der Waals surface area contributed by atoms with E-state index >= 15 is 0 Å². The highest BCUT2D eigenvalue weighted by molar-refractivity contribution is 9.10. The second kappa shape index (κ2) is 7.23. The quantitative estimate of drug-likeness (QED) is 0.651. The number of rotatable bonds is 5. The molecule has 0 saturated heterocycles. The second-order valence-corrected chi connectivity index (χ2v) is 7.17. The number of amides is 1. The minimum absolute atomic E-state index is 0.197. The third-order valence-electron chi connectivity index (χ3n) is 3.57. The number of halogens is 1. The molecule has 1 heterocycles. The molecule has 1 amide bonds. The Hall–Kier alpha value is -2.05. The van der Waals surface area contributed by atoms with E-state index in [4.69, 9.17) is 5.73 Å². The van der Waals surface area contributed by atoms with Crippen LogP contribution in [0.1, 0.15) is 5.56 Å². The molecule has 24 heavy (non-hydrogen) atoms. The number of hydrogen-bond acceptors (Lipinski definition) is 3. The first-order chi connectivity index (χ1) is 11.6. The molecule has 3 rings (SSSR count). The number of aryl methyl sites for hydroxylation is 1. The predicted octanol–water partition coefficient (Wildman–Crippen LogP) is 4.19. The van der Waals surface area contributed by atoms with Gasteiger partial charge in [0, 0.05) is 10.0 Å². The number of primary amides is 1. The lowest BCUT2D eigenvalue weighted by Gasteiger charge is -2.14. The summed E-state index contributed by atoms with van der Waals surface area (Å²) in [5.74, 6) is -0.160. The average Bonchev–Trinajstić information content (AvgIpc) is 2.98. The molecule has 3 aromatic rings. The largest absolute Gasteiger partial charge is 0.369 e. The molecular formula is C18H16BrN3OS. The van der Waals surface area contributed by atoms with Gasteiger partial charge in [0.25, 0.3) is 0 Å². The predicted molar refractivity (Wildman–Crippen MR) is 101 cm³/mol. The number of imidazole rings is 1. The maximum absolute atomic E-state index is 11.2. The Morgan fingerprint density at radius 2 is 1.92 bits per heavy atom. The van der Waals surface area contributed by atoms with E-state index in [1.165, 1.54) is 11.8 Å². The van der Waals surface area contributed by atoms with Gasteiger partial charge < -0.3 is 5.73 Å². The van der Waals surface area contributed by atoms with Crippen molar-refractivity contribution >= 4 is 33.6 Å². The van der Waals surface area contributed by atoms with Gasteiger partial charge in [-0.2, -0.15) is 0 Å². The highest BCUT2D eigenvalue weighted by Gasteiger charge is 2.16. The van der Waals surface area contributed by atoms with Gasteiger partial charge in [-0.25, -0.2) is 4.98 Å². The first-order valence-electron chi connectivity index (χ1n) is 7.37. The molecule has 2 aromatic carbocycles. The molecule has 0 atom stereocenters. The SMILES string of the molecule is Cc1ccccc1-n1c(-c2ccc(Br)cc2)cnc1SCC(N)=O. The van der Waals surface area contributed by atoms with Crippen molar-refractivity contribution in [2.75, 3.05) is 5.75 Å². The van der Waals surface area contributed by atoms with E-state index in [1.807, 2.05) is 48.7 Å². The van der Waals surface area contributed by atoms with E-state index in [0.29, 0.717) is 0 Å². The highest BCUT2D eigenvalue weighted by atomic mass is 79.9. The first kappa shape index (κ1) is 16.8. The van der Waals surface area contributed by atoms with E-state index in [2.05, 4.69) is 38.5 Å². The molecule has 0 saturated carbocycles. The maximum atomic E-state index is 11.2. The number of nitrogens with two attached hydrogens (primary N) is 1. The average molecular weight is 402 g/mol. The van der Waals surface area contributed by atoms with E-state index < -0.39 is 0 Å². The number of benzene rings is 2. The fraction of sp³-hybridized carbons (Fsp3) is 0.111.